The van der Waals surface area contributed by atoms with Crippen molar-refractivity contribution in [1.29, 1.82) is 0 Å². The summed E-state index contributed by atoms with van der Waals surface area (Å²) in [5.41, 5.74) is 10.3. The third kappa shape index (κ3) is 3.97. The molecule has 4 rings (SSSR count). The van der Waals surface area contributed by atoms with Gasteiger partial charge in [-0.2, -0.15) is 0 Å². The van der Waals surface area contributed by atoms with E-state index in [1.54, 1.807) is 0 Å². The second-order valence-electron chi connectivity index (χ2n) is 8.66. The summed E-state index contributed by atoms with van der Waals surface area (Å²) in [6, 6.07) is 7.65. The van der Waals surface area contributed by atoms with Gasteiger partial charge in [0.05, 0.1) is 11.0 Å². The summed E-state index contributed by atoms with van der Waals surface area (Å²) in [6.07, 6.45) is 8.01. The van der Waals surface area contributed by atoms with Gasteiger partial charge in [0, 0.05) is 6.54 Å². The van der Waals surface area contributed by atoms with E-state index in [1.807, 2.05) is 49.6 Å². The molecule has 0 fully saturated rings. The topological polar surface area (TPSA) is 83.0 Å². The SMILES string of the molecule is CC(C)(C)OC(=O)c1c(N)n(CCC2=CCCCC2)c2nc3ccccc3nc12. The predicted molar refractivity (Wildman–Crippen MR) is 116 cm³/mol. The van der Waals surface area contributed by atoms with E-state index < -0.39 is 11.6 Å². The summed E-state index contributed by atoms with van der Waals surface area (Å²) in [5, 5.41) is 0. The van der Waals surface area contributed by atoms with Crippen LogP contribution in [0.1, 0.15) is 63.2 Å². The van der Waals surface area contributed by atoms with Gasteiger partial charge in [-0.15, -0.1) is 0 Å². The minimum absolute atomic E-state index is 0.311. The fourth-order valence-corrected chi connectivity index (χ4v) is 3.86. The molecular formula is C23H28N4O2. The average molecular weight is 393 g/mol. The van der Waals surface area contributed by atoms with Gasteiger partial charge in [0.2, 0.25) is 0 Å². The van der Waals surface area contributed by atoms with Crippen molar-refractivity contribution in [3.05, 3.63) is 41.5 Å². The number of carbonyl (C=O) groups is 1. The molecule has 0 aliphatic heterocycles. The first-order valence-electron chi connectivity index (χ1n) is 10.3. The van der Waals surface area contributed by atoms with Gasteiger partial charge in [-0.1, -0.05) is 23.8 Å². The molecule has 0 unspecified atom stereocenters. The fraction of sp³-hybridized carbons (Fsp3) is 0.435. The zero-order valence-corrected chi connectivity index (χ0v) is 17.4. The highest BCUT2D eigenvalue weighted by Gasteiger charge is 2.28. The van der Waals surface area contributed by atoms with Crippen molar-refractivity contribution < 1.29 is 9.53 Å². The number of benzene rings is 1. The van der Waals surface area contributed by atoms with Crippen molar-refractivity contribution in [2.24, 2.45) is 0 Å². The van der Waals surface area contributed by atoms with E-state index in [-0.39, 0.29) is 0 Å². The van der Waals surface area contributed by atoms with Gasteiger partial charge in [-0.3, -0.25) is 0 Å². The zero-order chi connectivity index (χ0) is 20.6. The second-order valence-corrected chi connectivity index (χ2v) is 8.66. The van der Waals surface area contributed by atoms with Gasteiger partial charge < -0.3 is 15.0 Å². The number of nitrogens with two attached hydrogens (primary N) is 1. The number of para-hydroxylation sites is 2. The number of anilines is 1. The lowest BCUT2D eigenvalue weighted by Gasteiger charge is -2.19. The first kappa shape index (κ1) is 19.4. The van der Waals surface area contributed by atoms with Crippen LogP contribution in [0.3, 0.4) is 0 Å². The molecule has 1 aromatic carbocycles. The number of allylic oxidation sites excluding steroid dienone is 2. The number of nitrogens with zero attached hydrogens (tertiary/aromatic N) is 3. The number of aromatic nitrogens is 3. The van der Waals surface area contributed by atoms with Crippen molar-refractivity contribution in [1.82, 2.24) is 14.5 Å². The summed E-state index contributed by atoms with van der Waals surface area (Å²) in [7, 11) is 0. The molecule has 0 amide bonds. The molecule has 0 spiro atoms. The number of nitrogen functional groups attached to an aromatic ring is 1. The van der Waals surface area contributed by atoms with E-state index >= 15 is 0 Å². The van der Waals surface area contributed by atoms with Crippen molar-refractivity contribution in [2.75, 3.05) is 5.73 Å². The van der Waals surface area contributed by atoms with E-state index in [0.717, 1.165) is 30.3 Å². The van der Waals surface area contributed by atoms with Crippen LogP contribution in [-0.2, 0) is 11.3 Å². The number of esters is 1. The van der Waals surface area contributed by atoms with Crippen LogP contribution in [0.4, 0.5) is 5.82 Å². The molecule has 29 heavy (non-hydrogen) atoms. The van der Waals surface area contributed by atoms with Crippen LogP contribution >= 0.6 is 0 Å². The molecule has 3 aromatic rings. The van der Waals surface area contributed by atoms with E-state index in [1.165, 1.54) is 18.4 Å². The largest absolute Gasteiger partial charge is 0.456 e. The van der Waals surface area contributed by atoms with Crippen LogP contribution in [0.2, 0.25) is 0 Å². The Morgan fingerprint density at radius 3 is 2.55 bits per heavy atom. The Bertz CT molecular complexity index is 1110. The molecule has 2 heterocycles. The molecule has 0 atom stereocenters. The van der Waals surface area contributed by atoms with Crippen LogP contribution in [0, 0.1) is 0 Å². The lowest BCUT2D eigenvalue weighted by atomic mass is 9.97. The van der Waals surface area contributed by atoms with Gasteiger partial charge in [0.25, 0.3) is 0 Å². The maximum atomic E-state index is 13.0. The van der Waals surface area contributed by atoms with E-state index in [0.29, 0.717) is 29.1 Å². The Balaban J connectivity index is 1.82. The van der Waals surface area contributed by atoms with E-state index in [2.05, 4.69) is 6.08 Å². The van der Waals surface area contributed by atoms with E-state index in [4.69, 9.17) is 20.4 Å². The average Bonchev–Trinajstić information content (AvgIpc) is 2.94. The molecule has 6 nitrogen and oxygen atoms in total. The molecule has 152 valence electrons. The summed E-state index contributed by atoms with van der Waals surface area (Å²) < 4.78 is 7.54. The van der Waals surface area contributed by atoms with Crippen LogP contribution in [-0.4, -0.2) is 26.1 Å². The highest BCUT2D eigenvalue weighted by Crippen LogP contribution is 2.31. The molecule has 2 aromatic heterocycles. The van der Waals surface area contributed by atoms with Crippen LogP contribution in [0.5, 0.6) is 0 Å². The number of ether oxygens (including phenoxy) is 1. The molecule has 0 radical (unpaired) electrons. The maximum absolute atomic E-state index is 13.0. The molecular weight excluding hydrogens is 364 g/mol. The molecule has 0 saturated carbocycles. The lowest BCUT2D eigenvalue weighted by Crippen LogP contribution is -2.24. The van der Waals surface area contributed by atoms with Crippen molar-refractivity contribution in [2.45, 2.75) is 65.0 Å². The number of aryl methyl sites for hydroxylation is 1. The third-order valence-electron chi connectivity index (χ3n) is 5.24. The number of hydrogen-bond donors (Lipinski definition) is 1. The van der Waals surface area contributed by atoms with Gasteiger partial charge in [0.1, 0.15) is 22.5 Å². The molecule has 1 aliphatic carbocycles. The van der Waals surface area contributed by atoms with E-state index in [9.17, 15) is 4.79 Å². The summed E-state index contributed by atoms with van der Waals surface area (Å²) in [4.78, 5) is 22.5. The molecule has 2 N–H and O–H groups in total. The Kier molecular flexibility index (Phi) is 5.03. The van der Waals surface area contributed by atoms with Gasteiger partial charge in [-0.05, 0) is 65.0 Å². The quantitative estimate of drug-likeness (QED) is 0.498. The third-order valence-corrected chi connectivity index (χ3v) is 5.24. The van der Waals surface area contributed by atoms with Crippen molar-refractivity contribution in [3.63, 3.8) is 0 Å². The summed E-state index contributed by atoms with van der Waals surface area (Å²) >= 11 is 0. The summed E-state index contributed by atoms with van der Waals surface area (Å²) in [5.74, 6) is -0.0822. The minimum Gasteiger partial charge on any atom is -0.456 e. The highest BCUT2D eigenvalue weighted by molar-refractivity contribution is 6.08. The smallest absolute Gasteiger partial charge is 0.344 e. The van der Waals surface area contributed by atoms with Crippen LogP contribution in [0.25, 0.3) is 22.2 Å². The van der Waals surface area contributed by atoms with Gasteiger partial charge in [-0.25, -0.2) is 14.8 Å². The summed E-state index contributed by atoms with van der Waals surface area (Å²) in [6.45, 7) is 6.20. The molecule has 0 saturated heterocycles. The zero-order valence-electron chi connectivity index (χ0n) is 17.4. The van der Waals surface area contributed by atoms with Crippen LogP contribution in [0.15, 0.2) is 35.9 Å². The molecule has 0 bridgehead atoms. The first-order chi connectivity index (χ1) is 13.8. The minimum atomic E-state index is -0.616. The Morgan fingerprint density at radius 2 is 1.90 bits per heavy atom. The number of rotatable bonds is 4. The fourth-order valence-electron chi connectivity index (χ4n) is 3.86. The lowest BCUT2D eigenvalue weighted by molar-refractivity contribution is 0.00727. The van der Waals surface area contributed by atoms with Crippen LogP contribution < -0.4 is 5.73 Å². The standard InChI is InChI=1S/C23H28N4O2/c1-23(2,3)29-22(28)18-19-21(26-17-12-8-7-11-16(17)25-19)27(20(18)24)14-13-15-9-5-4-6-10-15/h7-9,11-12H,4-6,10,13-14,24H2,1-3H3. The Morgan fingerprint density at radius 1 is 1.17 bits per heavy atom. The second kappa shape index (κ2) is 7.50. The van der Waals surface area contributed by atoms with Gasteiger partial charge in [0.15, 0.2) is 5.65 Å². The van der Waals surface area contributed by atoms with Crippen molar-refractivity contribution >= 4 is 34.0 Å². The molecule has 1 aliphatic rings. The Labute approximate surface area is 170 Å². The highest BCUT2D eigenvalue weighted by atomic mass is 16.6. The monoisotopic (exact) mass is 392 g/mol. The molecule has 6 heteroatoms. The number of carbonyl (C=O) groups excluding carboxylic acids is 1. The predicted octanol–water partition coefficient (Wildman–Crippen LogP) is 5.01. The normalized spacial score (nSPS) is 14.9. The number of hydrogen-bond acceptors (Lipinski definition) is 5. The van der Waals surface area contributed by atoms with Crippen molar-refractivity contribution in [3.8, 4) is 0 Å². The number of fused-ring (bicyclic) bond motifs is 2. The van der Waals surface area contributed by atoms with Gasteiger partial charge >= 0.3 is 5.97 Å². The first-order valence-corrected chi connectivity index (χ1v) is 10.3. The maximum Gasteiger partial charge on any atom is 0.344 e. The Hall–Kier alpha value is -2.89.